The molecule has 2 heterocycles. The minimum atomic E-state index is 0.607. The van der Waals surface area contributed by atoms with Crippen LogP contribution < -0.4 is 5.32 Å². The van der Waals surface area contributed by atoms with Gasteiger partial charge in [-0.3, -0.25) is 4.90 Å². The van der Waals surface area contributed by atoms with Gasteiger partial charge in [0, 0.05) is 24.2 Å². The largest absolute Gasteiger partial charge is 0.313 e. The molecule has 2 saturated heterocycles. The molecule has 2 atom stereocenters. The lowest BCUT2D eigenvalue weighted by atomic mass is 9.56. The van der Waals surface area contributed by atoms with Crippen molar-refractivity contribution < 1.29 is 0 Å². The quantitative estimate of drug-likeness (QED) is 0.801. The highest BCUT2D eigenvalue weighted by molar-refractivity contribution is 5.09. The number of hydrogen-bond acceptors (Lipinski definition) is 2. The summed E-state index contributed by atoms with van der Waals surface area (Å²) in [6.07, 6.45) is 14.7. The lowest BCUT2D eigenvalue weighted by molar-refractivity contribution is -0.106. The van der Waals surface area contributed by atoms with E-state index in [1.807, 2.05) is 0 Å². The minimum absolute atomic E-state index is 0.607. The first kappa shape index (κ1) is 16.4. The van der Waals surface area contributed by atoms with Gasteiger partial charge in [0.05, 0.1) is 0 Å². The summed E-state index contributed by atoms with van der Waals surface area (Å²) in [5.74, 6) is 0.971. The smallest absolute Gasteiger partial charge is 0.0224 e. The minimum Gasteiger partial charge on any atom is -0.313 e. The lowest BCUT2D eigenvalue weighted by Crippen LogP contribution is -2.66. The van der Waals surface area contributed by atoms with Crippen molar-refractivity contribution in [2.45, 2.75) is 103 Å². The van der Waals surface area contributed by atoms with E-state index in [-0.39, 0.29) is 0 Å². The molecule has 2 spiro atoms. The molecular weight excluding hydrogens is 280 g/mol. The molecule has 1 unspecified atom stereocenters. The Hall–Kier alpha value is -0.0800. The van der Waals surface area contributed by atoms with E-state index in [0.29, 0.717) is 16.4 Å². The zero-order chi connectivity index (χ0) is 16.3. The predicted molar refractivity (Wildman–Crippen MR) is 97.6 cm³/mol. The Balaban J connectivity index is 1.31. The third-order valence-electron chi connectivity index (χ3n) is 8.98. The summed E-state index contributed by atoms with van der Waals surface area (Å²) in [5.41, 5.74) is 1.89. The van der Waals surface area contributed by atoms with Crippen LogP contribution in [0.15, 0.2) is 0 Å². The Bertz CT molecular complexity index is 441. The Morgan fingerprint density at radius 3 is 2.13 bits per heavy atom. The number of likely N-dealkylation sites (tertiary alicyclic amines) is 1. The van der Waals surface area contributed by atoms with Crippen LogP contribution in [0.25, 0.3) is 0 Å². The van der Waals surface area contributed by atoms with Gasteiger partial charge in [-0.25, -0.2) is 0 Å². The summed E-state index contributed by atoms with van der Waals surface area (Å²) < 4.78 is 0. The molecule has 2 aliphatic carbocycles. The van der Waals surface area contributed by atoms with Crippen LogP contribution in [0.4, 0.5) is 0 Å². The molecule has 0 aromatic heterocycles. The third-order valence-corrected chi connectivity index (χ3v) is 8.98. The van der Waals surface area contributed by atoms with Crippen molar-refractivity contribution in [2.24, 2.45) is 16.7 Å². The van der Waals surface area contributed by atoms with Gasteiger partial charge >= 0.3 is 0 Å². The molecule has 4 rings (SSSR count). The standard InChI is InChI=1S/C21H38N2/c1-16-5-7-21(8-6-16)14-18(23(21)4)13-19(3)9-11-20(12-10-19)15-22-17(20)2/h16-18,22H,5-15H2,1-4H3/t16?,17-,18?,19?,20?,21?/m1/s1. The fourth-order valence-corrected chi connectivity index (χ4v) is 6.39. The van der Waals surface area contributed by atoms with Crippen LogP contribution in [0, 0.1) is 16.7 Å². The first-order valence-corrected chi connectivity index (χ1v) is 10.3. The summed E-state index contributed by atoms with van der Waals surface area (Å²) in [6, 6.07) is 1.64. The van der Waals surface area contributed by atoms with E-state index in [0.717, 1.165) is 18.0 Å². The van der Waals surface area contributed by atoms with Crippen LogP contribution in [0.3, 0.4) is 0 Å². The van der Waals surface area contributed by atoms with Crippen molar-refractivity contribution in [2.75, 3.05) is 13.6 Å². The highest BCUT2D eigenvalue weighted by atomic mass is 15.3. The molecule has 2 saturated carbocycles. The van der Waals surface area contributed by atoms with Gasteiger partial charge in [0.15, 0.2) is 0 Å². The SMILES string of the molecule is CC1CCC2(CC1)CC(CC1(C)CCC3(CC1)CN[C@@H]3C)N2C. The maximum atomic E-state index is 3.60. The first-order valence-electron chi connectivity index (χ1n) is 10.3. The summed E-state index contributed by atoms with van der Waals surface area (Å²) in [5, 5.41) is 3.60. The fraction of sp³-hybridized carbons (Fsp3) is 1.00. The number of nitrogens with zero attached hydrogens (tertiary/aromatic N) is 1. The average Bonchev–Trinajstić information content (AvgIpc) is 2.55. The van der Waals surface area contributed by atoms with Gasteiger partial charge in [-0.1, -0.05) is 13.8 Å². The van der Waals surface area contributed by atoms with Crippen LogP contribution in [-0.2, 0) is 0 Å². The molecular formula is C21H38N2. The summed E-state index contributed by atoms with van der Waals surface area (Å²) >= 11 is 0. The molecule has 2 heteroatoms. The van der Waals surface area contributed by atoms with Crippen molar-refractivity contribution in [1.29, 1.82) is 0 Å². The van der Waals surface area contributed by atoms with E-state index in [1.54, 1.807) is 0 Å². The highest BCUT2D eigenvalue weighted by Gasteiger charge is 2.53. The van der Waals surface area contributed by atoms with Gasteiger partial charge < -0.3 is 5.32 Å². The molecule has 132 valence electrons. The molecule has 0 bridgehead atoms. The molecule has 4 aliphatic rings. The molecule has 23 heavy (non-hydrogen) atoms. The molecule has 1 N–H and O–H groups in total. The number of nitrogens with one attached hydrogen (secondary N) is 1. The van der Waals surface area contributed by atoms with Gasteiger partial charge in [-0.05, 0) is 94.9 Å². The van der Waals surface area contributed by atoms with E-state index in [2.05, 4.69) is 38.0 Å². The fourth-order valence-electron chi connectivity index (χ4n) is 6.39. The van der Waals surface area contributed by atoms with Gasteiger partial charge in [0.25, 0.3) is 0 Å². The zero-order valence-corrected chi connectivity index (χ0v) is 16.0. The number of hydrogen-bond donors (Lipinski definition) is 1. The second-order valence-electron chi connectivity index (χ2n) is 10.4. The average molecular weight is 319 g/mol. The van der Waals surface area contributed by atoms with Gasteiger partial charge in [-0.2, -0.15) is 0 Å². The van der Waals surface area contributed by atoms with Gasteiger partial charge in [0.2, 0.25) is 0 Å². The summed E-state index contributed by atoms with van der Waals surface area (Å²) in [7, 11) is 2.44. The van der Waals surface area contributed by atoms with Crippen molar-refractivity contribution in [3.63, 3.8) is 0 Å². The van der Waals surface area contributed by atoms with Crippen molar-refractivity contribution in [3.8, 4) is 0 Å². The summed E-state index contributed by atoms with van der Waals surface area (Å²) in [6.45, 7) is 8.73. The van der Waals surface area contributed by atoms with E-state index >= 15 is 0 Å². The van der Waals surface area contributed by atoms with Crippen LogP contribution in [-0.4, -0.2) is 36.1 Å². The third kappa shape index (κ3) is 2.59. The van der Waals surface area contributed by atoms with Crippen LogP contribution >= 0.6 is 0 Å². The van der Waals surface area contributed by atoms with E-state index in [1.165, 1.54) is 70.8 Å². The Kier molecular flexibility index (Phi) is 3.89. The molecule has 4 fully saturated rings. The van der Waals surface area contributed by atoms with Crippen LogP contribution in [0.5, 0.6) is 0 Å². The predicted octanol–water partition coefficient (Wildman–Crippen LogP) is 4.59. The molecule has 0 amide bonds. The maximum Gasteiger partial charge on any atom is 0.0224 e. The normalized spacial score (nSPS) is 54.0. The molecule has 2 aliphatic heterocycles. The number of rotatable bonds is 2. The maximum absolute atomic E-state index is 3.60. The van der Waals surface area contributed by atoms with Crippen molar-refractivity contribution in [3.05, 3.63) is 0 Å². The van der Waals surface area contributed by atoms with E-state index < -0.39 is 0 Å². The Morgan fingerprint density at radius 1 is 1.00 bits per heavy atom. The van der Waals surface area contributed by atoms with E-state index in [4.69, 9.17) is 0 Å². The Morgan fingerprint density at radius 2 is 1.65 bits per heavy atom. The monoisotopic (exact) mass is 318 g/mol. The highest BCUT2D eigenvalue weighted by Crippen LogP contribution is 2.55. The van der Waals surface area contributed by atoms with Gasteiger partial charge in [0.1, 0.15) is 0 Å². The summed E-state index contributed by atoms with van der Waals surface area (Å²) in [4.78, 5) is 2.81. The van der Waals surface area contributed by atoms with Crippen molar-refractivity contribution >= 4 is 0 Å². The lowest BCUT2D eigenvalue weighted by Gasteiger charge is -2.62. The van der Waals surface area contributed by atoms with E-state index in [9.17, 15) is 0 Å². The second kappa shape index (κ2) is 5.46. The molecule has 0 aromatic carbocycles. The molecule has 2 nitrogen and oxygen atoms in total. The van der Waals surface area contributed by atoms with Crippen molar-refractivity contribution in [1.82, 2.24) is 10.2 Å². The second-order valence-corrected chi connectivity index (χ2v) is 10.4. The Labute approximate surface area is 143 Å². The van der Waals surface area contributed by atoms with Crippen LogP contribution in [0.2, 0.25) is 0 Å². The van der Waals surface area contributed by atoms with Crippen LogP contribution in [0.1, 0.15) is 85.0 Å². The molecule has 0 aromatic rings. The van der Waals surface area contributed by atoms with Gasteiger partial charge in [-0.15, -0.1) is 0 Å². The zero-order valence-electron chi connectivity index (χ0n) is 16.0. The topological polar surface area (TPSA) is 15.3 Å². The first-order chi connectivity index (χ1) is 10.9. The molecule has 0 radical (unpaired) electrons.